The van der Waals surface area contributed by atoms with Gasteiger partial charge in [-0.25, -0.2) is 12.7 Å². The molecule has 0 spiro atoms. The van der Waals surface area contributed by atoms with Crippen molar-refractivity contribution in [2.45, 2.75) is 50.6 Å². The van der Waals surface area contributed by atoms with E-state index in [4.69, 9.17) is 0 Å². The Morgan fingerprint density at radius 2 is 1.70 bits per heavy atom. The van der Waals surface area contributed by atoms with E-state index in [1.165, 1.54) is 23.1 Å². The number of rotatable bonds is 10. The average molecular weight is 472 g/mol. The summed E-state index contributed by atoms with van der Waals surface area (Å²) >= 11 is 0. The SMILES string of the molecule is CCCCNC(=O)[C@@H](CC)N(Cc1ccccc1)C(=O)CN1C(=O)c2ccccc2S1(=O)=O. The van der Waals surface area contributed by atoms with Crippen molar-refractivity contribution in [2.24, 2.45) is 0 Å². The number of carbonyl (C=O) groups is 3. The molecule has 0 aromatic heterocycles. The second-order valence-electron chi connectivity index (χ2n) is 7.89. The molecular formula is C24H29N3O5S. The first-order valence-corrected chi connectivity index (χ1v) is 12.5. The maximum Gasteiger partial charge on any atom is 0.269 e. The number of hydrogen-bond acceptors (Lipinski definition) is 5. The first-order chi connectivity index (χ1) is 15.8. The number of sulfonamides is 1. The summed E-state index contributed by atoms with van der Waals surface area (Å²) < 4.78 is 26.4. The molecule has 3 amide bonds. The van der Waals surface area contributed by atoms with Crippen LogP contribution in [0.3, 0.4) is 0 Å². The Morgan fingerprint density at radius 1 is 1.03 bits per heavy atom. The van der Waals surface area contributed by atoms with Crippen molar-refractivity contribution < 1.29 is 22.8 Å². The van der Waals surface area contributed by atoms with E-state index in [0.29, 0.717) is 17.3 Å². The molecule has 0 saturated heterocycles. The van der Waals surface area contributed by atoms with Gasteiger partial charge in [0.25, 0.3) is 15.9 Å². The van der Waals surface area contributed by atoms with Crippen LogP contribution in [-0.2, 0) is 26.2 Å². The molecule has 0 saturated carbocycles. The van der Waals surface area contributed by atoms with Crippen LogP contribution in [0.4, 0.5) is 0 Å². The molecule has 33 heavy (non-hydrogen) atoms. The lowest BCUT2D eigenvalue weighted by molar-refractivity contribution is -0.141. The fraction of sp³-hybridized carbons (Fsp3) is 0.375. The summed E-state index contributed by atoms with van der Waals surface area (Å²) in [6.07, 6.45) is 2.07. The highest BCUT2D eigenvalue weighted by Gasteiger charge is 2.43. The molecule has 3 rings (SSSR count). The number of nitrogens with zero attached hydrogens (tertiary/aromatic N) is 2. The van der Waals surface area contributed by atoms with Crippen molar-refractivity contribution >= 4 is 27.7 Å². The topological polar surface area (TPSA) is 104 Å². The van der Waals surface area contributed by atoms with Crippen LogP contribution >= 0.6 is 0 Å². The zero-order valence-corrected chi connectivity index (χ0v) is 19.7. The van der Waals surface area contributed by atoms with Crippen LogP contribution in [-0.4, -0.2) is 54.5 Å². The van der Waals surface area contributed by atoms with Gasteiger partial charge in [-0.3, -0.25) is 14.4 Å². The second-order valence-corrected chi connectivity index (χ2v) is 9.72. The number of carbonyl (C=O) groups excluding carboxylic acids is 3. The highest BCUT2D eigenvalue weighted by molar-refractivity contribution is 7.90. The van der Waals surface area contributed by atoms with Gasteiger partial charge in [0.15, 0.2) is 0 Å². The van der Waals surface area contributed by atoms with Crippen LogP contribution in [0.5, 0.6) is 0 Å². The molecule has 0 aliphatic carbocycles. The van der Waals surface area contributed by atoms with E-state index in [0.717, 1.165) is 18.4 Å². The molecule has 1 aliphatic heterocycles. The summed E-state index contributed by atoms with van der Waals surface area (Å²) in [5.74, 6) is -1.64. The summed E-state index contributed by atoms with van der Waals surface area (Å²) in [5, 5.41) is 2.86. The quantitative estimate of drug-likeness (QED) is 0.537. The van der Waals surface area contributed by atoms with Crippen molar-refractivity contribution in [1.82, 2.24) is 14.5 Å². The molecule has 2 aromatic rings. The Bertz CT molecular complexity index is 1120. The Balaban J connectivity index is 1.87. The highest BCUT2D eigenvalue weighted by atomic mass is 32.2. The normalized spacial score (nSPS) is 15.1. The summed E-state index contributed by atoms with van der Waals surface area (Å²) in [6, 6.07) is 14.2. The standard InChI is InChI=1S/C24H29N3O5S/c1-3-5-15-25-23(29)20(4-2)26(16-18-11-7-6-8-12-18)22(28)17-27-24(30)19-13-9-10-14-21(19)33(27,31)32/h6-14,20H,3-5,15-17H2,1-2H3,(H,25,29)/t20-/m1/s1. The van der Waals surface area contributed by atoms with E-state index in [-0.39, 0.29) is 22.9 Å². The van der Waals surface area contributed by atoms with Crippen molar-refractivity contribution in [3.63, 3.8) is 0 Å². The largest absolute Gasteiger partial charge is 0.354 e. The van der Waals surface area contributed by atoms with E-state index in [9.17, 15) is 22.8 Å². The maximum absolute atomic E-state index is 13.4. The highest BCUT2D eigenvalue weighted by Crippen LogP contribution is 2.30. The Labute approximate surface area is 194 Å². The van der Waals surface area contributed by atoms with Crippen molar-refractivity contribution in [3.05, 3.63) is 65.7 Å². The van der Waals surface area contributed by atoms with Crippen LogP contribution in [0.25, 0.3) is 0 Å². The molecule has 8 nitrogen and oxygen atoms in total. The number of nitrogens with one attached hydrogen (secondary N) is 1. The minimum Gasteiger partial charge on any atom is -0.354 e. The number of amides is 3. The predicted octanol–water partition coefficient (Wildman–Crippen LogP) is 2.55. The van der Waals surface area contributed by atoms with Gasteiger partial charge in [-0.2, -0.15) is 0 Å². The fourth-order valence-corrected chi connectivity index (χ4v) is 5.33. The van der Waals surface area contributed by atoms with Crippen LogP contribution in [0.1, 0.15) is 49.0 Å². The van der Waals surface area contributed by atoms with Crippen LogP contribution in [0, 0.1) is 0 Å². The van der Waals surface area contributed by atoms with E-state index in [1.54, 1.807) is 13.0 Å². The lowest BCUT2D eigenvalue weighted by atomic mass is 10.1. The van der Waals surface area contributed by atoms with E-state index >= 15 is 0 Å². The van der Waals surface area contributed by atoms with Gasteiger partial charge >= 0.3 is 0 Å². The lowest BCUT2D eigenvalue weighted by Gasteiger charge is -2.31. The summed E-state index contributed by atoms with van der Waals surface area (Å²) in [6.45, 7) is 3.76. The van der Waals surface area contributed by atoms with Crippen molar-refractivity contribution in [2.75, 3.05) is 13.1 Å². The molecule has 1 N–H and O–H groups in total. The number of fused-ring (bicyclic) bond motifs is 1. The molecule has 176 valence electrons. The van der Waals surface area contributed by atoms with Gasteiger partial charge in [0, 0.05) is 13.1 Å². The summed E-state index contributed by atoms with van der Waals surface area (Å²) in [4.78, 5) is 40.3. The van der Waals surface area contributed by atoms with Crippen LogP contribution < -0.4 is 5.32 Å². The predicted molar refractivity (Wildman–Crippen MR) is 124 cm³/mol. The van der Waals surface area contributed by atoms with Gasteiger partial charge in [0.2, 0.25) is 11.8 Å². The molecule has 1 aliphatic rings. The lowest BCUT2D eigenvalue weighted by Crippen LogP contribution is -2.52. The van der Waals surface area contributed by atoms with E-state index in [2.05, 4.69) is 5.32 Å². The Hall–Kier alpha value is -3.20. The molecule has 1 heterocycles. The first kappa shape index (κ1) is 24.4. The zero-order valence-electron chi connectivity index (χ0n) is 18.9. The Morgan fingerprint density at radius 3 is 2.33 bits per heavy atom. The number of hydrogen-bond donors (Lipinski definition) is 1. The molecule has 2 aromatic carbocycles. The molecular weight excluding hydrogens is 442 g/mol. The molecule has 0 radical (unpaired) electrons. The summed E-state index contributed by atoms with van der Waals surface area (Å²) in [5.41, 5.74) is 0.841. The van der Waals surface area contributed by atoms with Gasteiger partial charge in [0.05, 0.1) is 5.56 Å². The molecule has 9 heteroatoms. The summed E-state index contributed by atoms with van der Waals surface area (Å²) in [7, 11) is -4.13. The molecule has 1 atom stereocenters. The van der Waals surface area contributed by atoms with E-state index < -0.39 is 34.4 Å². The Kier molecular flexibility index (Phi) is 7.86. The monoisotopic (exact) mass is 471 g/mol. The van der Waals surface area contributed by atoms with Crippen LogP contribution in [0.15, 0.2) is 59.5 Å². The van der Waals surface area contributed by atoms with Crippen molar-refractivity contribution in [3.8, 4) is 0 Å². The number of benzene rings is 2. The van der Waals surface area contributed by atoms with Gasteiger partial charge in [-0.1, -0.05) is 62.7 Å². The number of unbranched alkanes of at least 4 members (excludes halogenated alkanes) is 1. The average Bonchev–Trinajstić information content (AvgIpc) is 3.00. The van der Waals surface area contributed by atoms with Crippen LogP contribution in [0.2, 0.25) is 0 Å². The molecule has 0 unspecified atom stereocenters. The minimum atomic E-state index is -4.13. The zero-order chi connectivity index (χ0) is 24.0. The first-order valence-electron chi connectivity index (χ1n) is 11.1. The van der Waals surface area contributed by atoms with Gasteiger partial charge in [-0.15, -0.1) is 0 Å². The third-order valence-electron chi connectivity index (χ3n) is 5.60. The third-order valence-corrected chi connectivity index (χ3v) is 7.39. The smallest absolute Gasteiger partial charge is 0.269 e. The molecule has 0 bridgehead atoms. The van der Waals surface area contributed by atoms with Gasteiger partial charge in [0.1, 0.15) is 17.5 Å². The molecule has 0 fully saturated rings. The van der Waals surface area contributed by atoms with Gasteiger partial charge < -0.3 is 10.2 Å². The minimum absolute atomic E-state index is 0.0456. The third kappa shape index (κ3) is 5.24. The second kappa shape index (κ2) is 10.6. The van der Waals surface area contributed by atoms with E-state index in [1.807, 2.05) is 37.3 Å². The van der Waals surface area contributed by atoms with Crippen molar-refractivity contribution in [1.29, 1.82) is 0 Å². The van der Waals surface area contributed by atoms with Gasteiger partial charge in [-0.05, 0) is 30.5 Å². The fourth-order valence-electron chi connectivity index (χ4n) is 3.81. The maximum atomic E-state index is 13.4.